The molecule has 0 radical (unpaired) electrons. The Hall–Kier alpha value is -2.82. The lowest BCUT2D eigenvalue weighted by molar-refractivity contribution is 0.161. The van der Waals surface area contributed by atoms with Crippen molar-refractivity contribution in [3.8, 4) is 0 Å². The van der Waals surface area contributed by atoms with Crippen LogP contribution in [-0.2, 0) is 0 Å². The van der Waals surface area contributed by atoms with Gasteiger partial charge in [0.05, 0.1) is 17.0 Å². The highest BCUT2D eigenvalue weighted by Gasteiger charge is 2.33. The summed E-state index contributed by atoms with van der Waals surface area (Å²) in [6.07, 6.45) is 0. The number of nitrogens with one attached hydrogen (secondary N) is 2. The van der Waals surface area contributed by atoms with Crippen LogP contribution in [0.2, 0.25) is 0 Å². The molecule has 3 aromatic rings. The predicted octanol–water partition coefficient (Wildman–Crippen LogP) is 3.81. The summed E-state index contributed by atoms with van der Waals surface area (Å²) in [7, 11) is 0. The normalized spacial score (nSPS) is 14.7. The molecule has 2 N–H and O–H groups in total. The van der Waals surface area contributed by atoms with Gasteiger partial charge in [-0.25, -0.2) is 9.78 Å². The molecule has 0 aliphatic carbocycles. The SMILES string of the molecule is Cc1ccc(NC(=O)N2CC(c3nc4ccccc4[nH]3)C2)cc1C. The molecule has 4 rings (SSSR count). The molecule has 1 aromatic heterocycles. The number of aromatic nitrogens is 2. The number of fused-ring (bicyclic) bond motifs is 1. The van der Waals surface area contributed by atoms with Gasteiger partial charge in [-0.3, -0.25) is 0 Å². The van der Waals surface area contributed by atoms with Gasteiger partial charge in [0.25, 0.3) is 0 Å². The lowest BCUT2D eigenvalue weighted by Gasteiger charge is -2.38. The van der Waals surface area contributed by atoms with E-state index in [1.807, 2.05) is 54.3 Å². The number of amides is 2. The van der Waals surface area contributed by atoms with Crippen molar-refractivity contribution in [3.05, 3.63) is 59.4 Å². The standard InChI is InChI=1S/C19H20N4O/c1-12-7-8-15(9-13(12)2)20-19(24)23-10-14(11-23)18-21-16-5-3-4-6-17(16)22-18/h3-9,14H,10-11H2,1-2H3,(H,20,24)(H,21,22). The number of hydrogen-bond donors (Lipinski definition) is 2. The number of H-pyrrole nitrogens is 1. The summed E-state index contributed by atoms with van der Waals surface area (Å²) in [5, 5.41) is 2.97. The molecular formula is C19H20N4O. The molecule has 2 aromatic carbocycles. The van der Waals surface area contributed by atoms with Crippen molar-refractivity contribution in [2.75, 3.05) is 18.4 Å². The van der Waals surface area contributed by atoms with E-state index in [9.17, 15) is 4.79 Å². The van der Waals surface area contributed by atoms with E-state index in [1.165, 1.54) is 11.1 Å². The summed E-state index contributed by atoms with van der Waals surface area (Å²) in [5.41, 5.74) is 5.27. The van der Waals surface area contributed by atoms with E-state index >= 15 is 0 Å². The maximum Gasteiger partial charge on any atom is 0.321 e. The molecule has 0 saturated carbocycles. The average Bonchev–Trinajstić information content (AvgIpc) is 2.93. The highest BCUT2D eigenvalue weighted by Crippen LogP contribution is 2.27. The van der Waals surface area contributed by atoms with Crippen molar-refractivity contribution < 1.29 is 4.79 Å². The smallest absolute Gasteiger partial charge is 0.321 e. The summed E-state index contributed by atoms with van der Waals surface area (Å²) in [4.78, 5) is 22.1. The highest BCUT2D eigenvalue weighted by atomic mass is 16.2. The molecule has 0 spiro atoms. The number of nitrogens with zero attached hydrogens (tertiary/aromatic N) is 2. The third-order valence-corrected chi connectivity index (χ3v) is 4.72. The largest absolute Gasteiger partial charge is 0.342 e. The summed E-state index contributed by atoms with van der Waals surface area (Å²) in [6.45, 7) is 5.49. The Bertz CT molecular complexity index is 876. The van der Waals surface area contributed by atoms with E-state index in [-0.39, 0.29) is 11.9 Å². The molecule has 5 nitrogen and oxygen atoms in total. The van der Waals surface area contributed by atoms with Gasteiger partial charge >= 0.3 is 6.03 Å². The van der Waals surface area contributed by atoms with Crippen molar-refractivity contribution in [1.29, 1.82) is 0 Å². The van der Waals surface area contributed by atoms with E-state index in [0.29, 0.717) is 13.1 Å². The molecule has 0 bridgehead atoms. The average molecular weight is 320 g/mol. The van der Waals surface area contributed by atoms with Gasteiger partial charge in [0.1, 0.15) is 5.82 Å². The van der Waals surface area contributed by atoms with Crippen LogP contribution in [0.25, 0.3) is 11.0 Å². The zero-order valence-corrected chi connectivity index (χ0v) is 13.8. The van der Waals surface area contributed by atoms with E-state index < -0.39 is 0 Å². The fraction of sp³-hybridized carbons (Fsp3) is 0.263. The summed E-state index contributed by atoms with van der Waals surface area (Å²) < 4.78 is 0. The number of carbonyl (C=O) groups is 1. The monoisotopic (exact) mass is 320 g/mol. The van der Waals surface area contributed by atoms with Crippen LogP contribution in [0.4, 0.5) is 10.5 Å². The van der Waals surface area contributed by atoms with Crippen LogP contribution in [0, 0.1) is 13.8 Å². The quantitative estimate of drug-likeness (QED) is 0.754. The molecule has 1 saturated heterocycles. The molecule has 2 heterocycles. The summed E-state index contributed by atoms with van der Waals surface area (Å²) in [5.74, 6) is 1.24. The lowest BCUT2D eigenvalue weighted by Crippen LogP contribution is -2.50. The molecule has 24 heavy (non-hydrogen) atoms. The molecule has 1 aliphatic heterocycles. The van der Waals surface area contributed by atoms with Crippen LogP contribution in [-0.4, -0.2) is 34.0 Å². The van der Waals surface area contributed by atoms with Crippen molar-refractivity contribution in [3.63, 3.8) is 0 Å². The van der Waals surface area contributed by atoms with Gasteiger partial charge in [-0.2, -0.15) is 0 Å². The number of para-hydroxylation sites is 2. The summed E-state index contributed by atoms with van der Waals surface area (Å²) in [6, 6.07) is 13.9. The van der Waals surface area contributed by atoms with Gasteiger partial charge in [0, 0.05) is 18.8 Å². The minimum atomic E-state index is -0.0504. The number of urea groups is 1. The first-order valence-electron chi connectivity index (χ1n) is 8.18. The first kappa shape index (κ1) is 14.8. The van der Waals surface area contributed by atoms with Gasteiger partial charge in [0.15, 0.2) is 0 Å². The number of carbonyl (C=O) groups excluding carboxylic acids is 1. The number of likely N-dealkylation sites (tertiary alicyclic amines) is 1. The number of imidazole rings is 1. The molecule has 2 amide bonds. The first-order valence-corrected chi connectivity index (χ1v) is 8.18. The Balaban J connectivity index is 1.39. The maximum absolute atomic E-state index is 12.3. The molecule has 0 atom stereocenters. The number of hydrogen-bond acceptors (Lipinski definition) is 2. The van der Waals surface area contributed by atoms with Crippen LogP contribution in [0.5, 0.6) is 0 Å². The van der Waals surface area contributed by atoms with Crippen LogP contribution in [0.3, 0.4) is 0 Å². The molecule has 5 heteroatoms. The number of aryl methyl sites for hydroxylation is 2. The Kier molecular flexibility index (Phi) is 3.49. The zero-order chi connectivity index (χ0) is 16.7. The minimum absolute atomic E-state index is 0.0504. The van der Waals surface area contributed by atoms with Gasteiger partial charge in [-0.15, -0.1) is 0 Å². The fourth-order valence-electron chi connectivity index (χ4n) is 3.00. The molecular weight excluding hydrogens is 300 g/mol. The predicted molar refractivity (Wildman–Crippen MR) is 95.3 cm³/mol. The van der Waals surface area contributed by atoms with Crippen molar-refractivity contribution >= 4 is 22.8 Å². The van der Waals surface area contributed by atoms with Crippen molar-refractivity contribution in [2.45, 2.75) is 19.8 Å². The minimum Gasteiger partial charge on any atom is -0.342 e. The maximum atomic E-state index is 12.3. The second-order valence-corrected chi connectivity index (χ2v) is 6.47. The second-order valence-electron chi connectivity index (χ2n) is 6.47. The third-order valence-electron chi connectivity index (χ3n) is 4.72. The van der Waals surface area contributed by atoms with Gasteiger partial charge in [-0.05, 0) is 49.2 Å². The van der Waals surface area contributed by atoms with E-state index in [2.05, 4.69) is 22.2 Å². The lowest BCUT2D eigenvalue weighted by atomic mass is 10.0. The highest BCUT2D eigenvalue weighted by molar-refractivity contribution is 5.90. The Labute approximate surface area is 140 Å². The van der Waals surface area contributed by atoms with Crippen LogP contribution >= 0.6 is 0 Å². The van der Waals surface area contributed by atoms with Crippen LogP contribution < -0.4 is 5.32 Å². The molecule has 1 aliphatic rings. The zero-order valence-electron chi connectivity index (χ0n) is 13.8. The van der Waals surface area contributed by atoms with Crippen LogP contribution in [0.1, 0.15) is 22.9 Å². The van der Waals surface area contributed by atoms with E-state index in [0.717, 1.165) is 22.5 Å². The van der Waals surface area contributed by atoms with Crippen molar-refractivity contribution in [2.24, 2.45) is 0 Å². The molecule has 1 fully saturated rings. The number of anilines is 1. The number of benzene rings is 2. The fourth-order valence-corrected chi connectivity index (χ4v) is 3.00. The summed E-state index contributed by atoms with van der Waals surface area (Å²) >= 11 is 0. The second kappa shape index (κ2) is 5.67. The van der Waals surface area contributed by atoms with E-state index in [4.69, 9.17) is 0 Å². The van der Waals surface area contributed by atoms with Crippen molar-refractivity contribution in [1.82, 2.24) is 14.9 Å². The van der Waals surface area contributed by atoms with Gasteiger partial charge < -0.3 is 15.2 Å². The molecule has 122 valence electrons. The van der Waals surface area contributed by atoms with E-state index in [1.54, 1.807) is 0 Å². The van der Waals surface area contributed by atoms with Gasteiger partial charge in [-0.1, -0.05) is 18.2 Å². The number of rotatable bonds is 2. The first-order chi connectivity index (χ1) is 11.6. The molecule has 0 unspecified atom stereocenters. The van der Waals surface area contributed by atoms with Gasteiger partial charge in [0.2, 0.25) is 0 Å². The van der Waals surface area contributed by atoms with Crippen LogP contribution in [0.15, 0.2) is 42.5 Å². The topological polar surface area (TPSA) is 61.0 Å². The number of aromatic amines is 1. The Morgan fingerprint density at radius 1 is 1.17 bits per heavy atom. The Morgan fingerprint density at radius 2 is 1.96 bits per heavy atom. The Morgan fingerprint density at radius 3 is 2.71 bits per heavy atom. The third kappa shape index (κ3) is 2.62.